The van der Waals surface area contributed by atoms with Crippen LogP contribution in [0, 0.1) is 5.82 Å². The highest BCUT2D eigenvalue weighted by Gasteiger charge is 2.08. The Hall–Kier alpha value is -1.42. The van der Waals surface area contributed by atoms with E-state index in [9.17, 15) is 4.39 Å². The van der Waals surface area contributed by atoms with Crippen molar-refractivity contribution in [3.8, 4) is 0 Å². The van der Waals surface area contributed by atoms with Crippen molar-refractivity contribution in [3.63, 3.8) is 0 Å². The predicted octanol–water partition coefficient (Wildman–Crippen LogP) is 1.17. The van der Waals surface area contributed by atoms with Gasteiger partial charge in [-0.05, 0) is 12.1 Å². The molecule has 0 saturated heterocycles. The van der Waals surface area contributed by atoms with Crippen molar-refractivity contribution in [3.05, 3.63) is 29.7 Å². The number of aryl methyl sites for hydroxylation is 1. The summed E-state index contributed by atoms with van der Waals surface area (Å²) < 4.78 is 14.9. The average Bonchev–Trinajstić information content (AvgIpc) is 2.49. The molecule has 1 aromatic heterocycles. The fraction of sp³-hybridized carbons (Fsp3) is 0.222. The Morgan fingerprint density at radius 3 is 3.00 bits per heavy atom. The van der Waals surface area contributed by atoms with Gasteiger partial charge in [0.15, 0.2) is 0 Å². The van der Waals surface area contributed by atoms with Crippen LogP contribution in [-0.4, -0.2) is 9.78 Å². The Bertz CT molecular complexity index is 447. The van der Waals surface area contributed by atoms with Gasteiger partial charge in [0.05, 0.1) is 11.7 Å². The molecule has 2 aromatic rings. The molecule has 0 bridgehead atoms. The number of nitrogens with two attached hydrogens (primary N) is 1. The lowest BCUT2D eigenvalue weighted by atomic mass is 10.1. The van der Waals surface area contributed by atoms with E-state index in [1.54, 1.807) is 24.0 Å². The summed E-state index contributed by atoms with van der Waals surface area (Å²) in [5.41, 5.74) is 6.77. The van der Waals surface area contributed by atoms with Crippen LogP contribution in [0.1, 0.15) is 5.56 Å². The van der Waals surface area contributed by atoms with E-state index in [2.05, 4.69) is 5.10 Å². The van der Waals surface area contributed by atoms with Crippen molar-refractivity contribution >= 4 is 10.9 Å². The molecule has 3 nitrogen and oxygen atoms in total. The highest BCUT2D eigenvalue weighted by molar-refractivity contribution is 5.82. The van der Waals surface area contributed by atoms with Crippen LogP contribution in [0.4, 0.5) is 4.39 Å². The second kappa shape index (κ2) is 2.81. The van der Waals surface area contributed by atoms with Crippen molar-refractivity contribution < 1.29 is 4.39 Å². The molecule has 4 heteroatoms. The van der Waals surface area contributed by atoms with Gasteiger partial charge in [-0.1, -0.05) is 0 Å². The highest BCUT2D eigenvalue weighted by Crippen LogP contribution is 2.20. The van der Waals surface area contributed by atoms with Gasteiger partial charge in [0.2, 0.25) is 0 Å². The first-order chi connectivity index (χ1) is 6.24. The molecule has 0 saturated carbocycles. The van der Waals surface area contributed by atoms with Gasteiger partial charge in [0.1, 0.15) is 5.82 Å². The molecule has 2 rings (SSSR count). The zero-order valence-electron chi connectivity index (χ0n) is 7.29. The molecule has 0 fully saturated rings. The SMILES string of the molecule is Cn1ncc2ccc(F)c(CN)c21. The zero-order chi connectivity index (χ0) is 9.42. The van der Waals surface area contributed by atoms with E-state index in [-0.39, 0.29) is 12.4 Å². The topological polar surface area (TPSA) is 43.8 Å². The van der Waals surface area contributed by atoms with E-state index in [0.717, 1.165) is 10.9 Å². The smallest absolute Gasteiger partial charge is 0.129 e. The van der Waals surface area contributed by atoms with Crippen LogP contribution >= 0.6 is 0 Å². The molecule has 68 valence electrons. The molecular formula is C9H10FN3. The number of fused-ring (bicyclic) bond motifs is 1. The molecule has 2 N–H and O–H groups in total. The van der Waals surface area contributed by atoms with Crippen LogP contribution in [0.3, 0.4) is 0 Å². The Balaban J connectivity index is 2.88. The highest BCUT2D eigenvalue weighted by atomic mass is 19.1. The standard InChI is InChI=1S/C9H10FN3/c1-13-9-6(5-12-13)2-3-8(10)7(9)4-11/h2-3,5H,4,11H2,1H3. The molecule has 1 aromatic carbocycles. The van der Waals surface area contributed by atoms with Crippen LogP contribution in [0.2, 0.25) is 0 Å². The van der Waals surface area contributed by atoms with Crippen molar-refractivity contribution in [1.82, 2.24) is 9.78 Å². The van der Waals surface area contributed by atoms with Crippen molar-refractivity contribution in [1.29, 1.82) is 0 Å². The fourth-order valence-corrected chi connectivity index (χ4v) is 1.52. The monoisotopic (exact) mass is 179 g/mol. The Kier molecular flexibility index (Phi) is 1.77. The average molecular weight is 179 g/mol. The largest absolute Gasteiger partial charge is 0.326 e. The van der Waals surface area contributed by atoms with Gasteiger partial charge in [-0.25, -0.2) is 4.39 Å². The lowest BCUT2D eigenvalue weighted by Crippen LogP contribution is -2.03. The lowest BCUT2D eigenvalue weighted by Gasteiger charge is -2.03. The van der Waals surface area contributed by atoms with Crippen molar-refractivity contribution in [2.45, 2.75) is 6.54 Å². The Morgan fingerprint density at radius 2 is 2.31 bits per heavy atom. The lowest BCUT2D eigenvalue weighted by molar-refractivity contribution is 0.611. The molecule has 0 aliphatic heterocycles. The summed E-state index contributed by atoms with van der Waals surface area (Å²) in [6, 6.07) is 3.13. The van der Waals surface area contributed by atoms with E-state index in [1.807, 2.05) is 0 Å². The first-order valence-corrected chi connectivity index (χ1v) is 4.03. The van der Waals surface area contributed by atoms with Gasteiger partial charge in [0.25, 0.3) is 0 Å². The molecule has 0 atom stereocenters. The summed E-state index contributed by atoms with van der Waals surface area (Å²) in [6.07, 6.45) is 1.70. The number of aromatic nitrogens is 2. The van der Waals surface area contributed by atoms with E-state index in [0.29, 0.717) is 5.56 Å². The molecule has 1 heterocycles. The molecule has 0 spiro atoms. The van der Waals surface area contributed by atoms with Crippen molar-refractivity contribution in [2.75, 3.05) is 0 Å². The van der Waals surface area contributed by atoms with Crippen LogP contribution in [-0.2, 0) is 13.6 Å². The van der Waals surface area contributed by atoms with Gasteiger partial charge in [-0.2, -0.15) is 5.10 Å². The van der Waals surface area contributed by atoms with E-state index in [4.69, 9.17) is 5.73 Å². The maximum Gasteiger partial charge on any atom is 0.129 e. The van der Waals surface area contributed by atoms with Gasteiger partial charge in [-0.3, -0.25) is 4.68 Å². The van der Waals surface area contributed by atoms with E-state index < -0.39 is 0 Å². The second-order valence-corrected chi connectivity index (χ2v) is 2.94. The number of hydrogen-bond donors (Lipinski definition) is 1. The van der Waals surface area contributed by atoms with Crippen LogP contribution in [0.15, 0.2) is 18.3 Å². The first-order valence-electron chi connectivity index (χ1n) is 4.03. The number of nitrogens with zero attached hydrogens (tertiary/aromatic N) is 2. The summed E-state index contributed by atoms with van der Waals surface area (Å²) in [5.74, 6) is -0.265. The minimum atomic E-state index is -0.265. The quantitative estimate of drug-likeness (QED) is 0.714. The maximum atomic E-state index is 13.3. The third-order valence-electron chi connectivity index (χ3n) is 2.15. The van der Waals surface area contributed by atoms with Crippen LogP contribution < -0.4 is 5.73 Å². The Labute approximate surface area is 75.0 Å². The van der Waals surface area contributed by atoms with E-state index >= 15 is 0 Å². The minimum Gasteiger partial charge on any atom is -0.326 e. The maximum absolute atomic E-state index is 13.3. The molecule has 0 radical (unpaired) electrons. The van der Waals surface area contributed by atoms with Gasteiger partial charge < -0.3 is 5.73 Å². The number of benzene rings is 1. The molecule has 0 amide bonds. The first kappa shape index (κ1) is 8.19. The molecule has 0 unspecified atom stereocenters. The van der Waals surface area contributed by atoms with Crippen molar-refractivity contribution in [2.24, 2.45) is 12.8 Å². The van der Waals surface area contributed by atoms with Gasteiger partial charge in [0, 0.05) is 24.5 Å². The van der Waals surface area contributed by atoms with Crippen LogP contribution in [0.5, 0.6) is 0 Å². The number of rotatable bonds is 1. The molecule has 0 aliphatic carbocycles. The normalized spacial score (nSPS) is 11.0. The summed E-state index contributed by atoms with van der Waals surface area (Å²) in [7, 11) is 1.78. The second-order valence-electron chi connectivity index (χ2n) is 2.94. The number of halogens is 1. The summed E-state index contributed by atoms with van der Waals surface area (Å²) in [5, 5.41) is 4.96. The molecular weight excluding hydrogens is 169 g/mol. The Morgan fingerprint density at radius 1 is 1.54 bits per heavy atom. The third kappa shape index (κ3) is 1.10. The minimum absolute atomic E-state index is 0.197. The summed E-state index contributed by atoms with van der Waals surface area (Å²) in [4.78, 5) is 0. The molecule has 0 aliphatic rings. The molecule has 13 heavy (non-hydrogen) atoms. The van der Waals surface area contributed by atoms with Crippen LogP contribution in [0.25, 0.3) is 10.9 Å². The van der Waals surface area contributed by atoms with Gasteiger partial charge in [-0.15, -0.1) is 0 Å². The number of hydrogen-bond acceptors (Lipinski definition) is 2. The summed E-state index contributed by atoms with van der Waals surface area (Å²) >= 11 is 0. The van der Waals surface area contributed by atoms with Gasteiger partial charge >= 0.3 is 0 Å². The fourth-order valence-electron chi connectivity index (χ4n) is 1.52. The van der Waals surface area contributed by atoms with E-state index in [1.165, 1.54) is 6.07 Å². The predicted molar refractivity (Wildman–Crippen MR) is 48.6 cm³/mol. The summed E-state index contributed by atoms with van der Waals surface area (Å²) in [6.45, 7) is 0.197. The third-order valence-corrected chi connectivity index (χ3v) is 2.15. The zero-order valence-corrected chi connectivity index (χ0v) is 7.29.